The molecule has 1 aromatic heterocycles. The molecule has 0 spiro atoms. The maximum Gasteiger partial charge on any atom is 0.343 e. The molecule has 2 N–H and O–H groups in total. The van der Waals surface area contributed by atoms with Gasteiger partial charge in [0.05, 0.1) is 48.5 Å². The molecule has 9 nitrogen and oxygen atoms in total. The zero-order chi connectivity index (χ0) is 31.4. The summed E-state index contributed by atoms with van der Waals surface area (Å²) in [6.07, 6.45) is 1.38. The van der Waals surface area contributed by atoms with Crippen LogP contribution in [0.3, 0.4) is 0 Å². The van der Waals surface area contributed by atoms with Gasteiger partial charge in [0.15, 0.2) is 5.75 Å². The number of carbonyl (C=O) groups is 2. The Kier molecular flexibility index (Phi) is 9.58. The lowest BCUT2D eigenvalue weighted by molar-refractivity contribution is 0.0732. The predicted octanol–water partition coefficient (Wildman–Crippen LogP) is 8.02. The summed E-state index contributed by atoms with van der Waals surface area (Å²) in [6, 6.07) is 20.7. The summed E-state index contributed by atoms with van der Waals surface area (Å²) in [6.45, 7) is 0. The first-order valence-corrected chi connectivity index (χ1v) is 14.9. The van der Waals surface area contributed by atoms with E-state index >= 15 is 0 Å². The molecule has 0 aliphatic carbocycles. The van der Waals surface area contributed by atoms with E-state index in [9.17, 15) is 9.59 Å². The van der Waals surface area contributed by atoms with E-state index in [1.54, 1.807) is 67.8 Å². The van der Waals surface area contributed by atoms with Crippen LogP contribution in [0.1, 0.15) is 26.4 Å². The molecule has 4 aromatic carbocycles. The summed E-state index contributed by atoms with van der Waals surface area (Å²) in [5.74, 6) is 0.601. The summed E-state index contributed by atoms with van der Waals surface area (Å²) in [7, 11) is 4.60. The number of hydrogen-bond donors (Lipinski definition) is 2. The number of nitrogens with one attached hydrogen (secondary N) is 2. The monoisotopic (exact) mass is 739 g/mol. The molecule has 224 valence electrons. The van der Waals surface area contributed by atoms with Crippen molar-refractivity contribution in [3.8, 4) is 34.1 Å². The molecule has 5 aromatic rings. The largest absolute Gasteiger partial charge is 0.497 e. The number of aromatic nitrogens is 1. The minimum atomic E-state index is -0.601. The quantitative estimate of drug-likeness (QED) is 0.0686. The number of benzene rings is 4. The molecule has 1 heterocycles. The van der Waals surface area contributed by atoms with Gasteiger partial charge >= 0.3 is 5.97 Å². The van der Waals surface area contributed by atoms with Crippen LogP contribution in [0.4, 0.5) is 0 Å². The molecule has 1 amide bonds. The number of ether oxygens (including phenoxy) is 4. The van der Waals surface area contributed by atoms with Gasteiger partial charge in [-0.1, -0.05) is 51.8 Å². The fraction of sp³-hybridized carbons (Fsp3) is 0.0938. The Morgan fingerprint density at radius 3 is 2.39 bits per heavy atom. The molecule has 44 heavy (non-hydrogen) atoms. The van der Waals surface area contributed by atoms with Crippen molar-refractivity contribution < 1.29 is 28.5 Å². The number of carbonyl (C=O) groups excluding carboxylic acids is 2. The van der Waals surface area contributed by atoms with Crippen molar-refractivity contribution in [2.75, 3.05) is 21.3 Å². The van der Waals surface area contributed by atoms with Gasteiger partial charge in [-0.3, -0.25) is 4.79 Å². The number of rotatable bonds is 9. The maximum atomic E-state index is 13.7. The minimum Gasteiger partial charge on any atom is -0.497 e. The molecule has 0 unspecified atom stereocenters. The van der Waals surface area contributed by atoms with Crippen LogP contribution in [0.5, 0.6) is 23.0 Å². The Morgan fingerprint density at radius 1 is 0.909 bits per heavy atom. The van der Waals surface area contributed by atoms with E-state index in [2.05, 4.69) is 47.4 Å². The van der Waals surface area contributed by atoms with Crippen LogP contribution in [0.15, 0.2) is 86.8 Å². The van der Waals surface area contributed by atoms with E-state index in [0.29, 0.717) is 64.4 Å². The number of fused-ring (bicyclic) bond motifs is 1. The highest BCUT2D eigenvalue weighted by atomic mass is 79.9. The number of nitrogens with zero attached hydrogens (tertiary/aromatic N) is 1. The number of amides is 1. The van der Waals surface area contributed by atoms with Gasteiger partial charge in [0.1, 0.15) is 22.9 Å². The summed E-state index contributed by atoms with van der Waals surface area (Å²) in [4.78, 5) is 29.8. The molecular formula is C32H24Br2ClN3O6. The second kappa shape index (κ2) is 13.5. The Morgan fingerprint density at radius 2 is 1.66 bits per heavy atom. The first-order chi connectivity index (χ1) is 21.2. The number of hydrazone groups is 1. The van der Waals surface area contributed by atoms with Gasteiger partial charge < -0.3 is 23.9 Å². The van der Waals surface area contributed by atoms with Gasteiger partial charge in [0, 0.05) is 26.2 Å². The molecule has 0 fully saturated rings. The van der Waals surface area contributed by atoms with Crippen molar-refractivity contribution in [1.82, 2.24) is 10.4 Å². The van der Waals surface area contributed by atoms with Crippen LogP contribution in [0, 0.1) is 0 Å². The van der Waals surface area contributed by atoms with E-state index in [4.69, 9.17) is 30.5 Å². The Hall–Kier alpha value is -4.32. The number of hydrogen-bond acceptors (Lipinski definition) is 7. The van der Waals surface area contributed by atoms with Crippen LogP contribution in [0.2, 0.25) is 5.02 Å². The summed E-state index contributed by atoms with van der Waals surface area (Å²) in [5.41, 5.74) is 5.15. The van der Waals surface area contributed by atoms with E-state index in [1.807, 2.05) is 12.1 Å². The van der Waals surface area contributed by atoms with Crippen LogP contribution in [0.25, 0.3) is 22.0 Å². The Bertz CT molecular complexity index is 1920. The van der Waals surface area contributed by atoms with Crippen molar-refractivity contribution >= 4 is 72.5 Å². The zero-order valence-corrected chi connectivity index (χ0v) is 27.5. The van der Waals surface area contributed by atoms with Gasteiger partial charge in [-0.15, -0.1) is 0 Å². The average Bonchev–Trinajstić information content (AvgIpc) is 3.43. The average molecular weight is 742 g/mol. The molecule has 0 bridgehead atoms. The highest BCUT2D eigenvalue weighted by Crippen LogP contribution is 2.44. The molecule has 0 atom stereocenters. The number of aromatic amines is 1. The van der Waals surface area contributed by atoms with Crippen molar-refractivity contribution in [1.29, 1.82) is 0 Å². The topological polar surface area (TPSA) is 111 Å². The molecule has 0 aliphatic heterocycles. The van der Waals surface area contributed by atoms with Crippen molar-refractivity contribution in [3.05, 3.63) is 104 Å². The summed E-state index contributed by atoms with van der Waals surface area (Å²) in [5, 5.41) is 5.25. The van der Waals surface area contributed by atoms with Gasteiger partial charge in [0.25, 0.3) is 5.91 Å². The highest BCUT2D eigenvalue weighted by molar-refractivity contribution is 9.11. The van der Waals surface area contributed by atoms with Gasteiger partial charge in [-0.25, -0.2) is 10.2 Å². The SMILES string of the molecule is COc1cccc(C(=O)Oc2c(Br)cc(Br)cc2C=NNC(=O)c2[nH]c3c(OC)ccc(OC)c3c2-c2ccccc2Cl)c1. The lowest BCUT2D eigenvalue weighted by Gasteiger charge is -2.11. The first-order valence-electron chi connectivity index (χ1n) is 13.0. The zero-order valence-electron chi connectivity index (χ0n) is 23.5. The third-order valence-corrected chi connectivity index (χ3v) is 7.97. The number of esters is 1. The third-order valence-electron chi connectivity index (χ3n) is 6.60. The smallest absolute Gasteiger partial charge is 0.343 e. The van der Waals surface area contributed by atoms with Crippen molar-refractivity contribution in [2.24, 2.45) is 5.10 Å². The van der Waals surface area contributed by atoms with Crippen LogP contribution >= 0.6 is 43.5 Å². The third kappa shape index (κ3) is 6.30. The second-order valence-corrected chi connectivity index (χ2v) is 11.4. The van der Waals surface area contributed by atoms with E-state index in [1.165, 1.54) is 20.4 Å². The Labute approximate surface area is 274 Å². The number of methoxy groups -OCH3 is 3. The molecule has 0 radical (unpaired) electrons. The van der Waals surface area contributed by atoms with Gasteiger partial charge in [-0.05, 0) is 64.5 Å². The molecule has 0 saturated heterocycles. The van der Waals surface area contributed by atoms with E-state index < -0.39 is 11.9 Å². The lowest BCUT2D eigenvalue weighted by Crippen LogP contribution is -2.19. The van der Waals surface area contributed by atoms with Crippen LogP contribution < -0.4 is 24.4 Å². The molecule has 0 saturated carbocycles. The standard InChI is InChI=1S/C32H24Br2ClN3O6/c1-41-20-8-6-7-17(14-20)32(40)44-30-18(13-19(33)15-22(30)34)16-36-38-31(39)29-26(21-9-4-5-10-23(21)35)27-24(42-2)11-12-25(43-3)28(27)37-29/h4-16,37H,1-3H3,(H,38,39). The first kappa shape index (κ1) is 31.1. The predicted molar refractivity (Wildman–Crippen MR) is 177 cm³/mol. The minimum absolute atomic E-state index is 0.188. The fourth-order valence-corrected chi connectivity index (χ4v) is 6.16. The summed E-state index contributed by atoms with van der Waals surface area (Å²) >= 11 is 13.5. The van der Waals surface area contributed by atoms with Gasteiger partial charge in [-0.2, -0.15) is 5.10 Å². The van der Waals surface area contributed by atoms with Crippen molar-refractivity contribution in [2.45, 2.75) is 0 Å². The van der Waals surface area contributed by atoms with Crippen LogP contribution in [-0.2, 0) is 0 Å². The molecule has 0 aliphatic rings. The second-order valence-electron chi connectivity index (χ2n) is 9.20. The Balaban J connectivity index is 1.50. The molecule has 5 rings (SSSR count). The molecule has 12 heteroatoms. The van der Waals surface area contributed by atoms with E-state index in [0.717, 1.165) is 0 Å². The van der Waals surface area contributed by atoms with Crippen LogP contribution in [-0.4, -0.2) is 44.4 Å². The van der Waals surface area contributed by atoms with Gasteiger partial charge in [0.2, 0.25) is 0 Å². The summed E-state index contributed by atoms with van der Waals surface area (Å²) < 4.78 is 23.3. The maximum absolute atomic E-state index is 13.7. The normalized spacial score (nSPS) is 11.0. The van der Waals surface area contributed by atoms with E-state index in [-0.39, 0.29) is 11.4 Å². The number of H-pyrrole nitrogens is 1. The number of halogens is 3. The fourth-order valence-electron chi connectivity index (χ4n) is 4.59. The lowest BCUT2D eigenvalue weighted by atomic mass is 10.0. The highest BCUT2D eigenvalue weighted by Gasteiger charge is 2.25. The molecular weight excluding hydrogens is 718 g/mol. The van der Waals surface area contributed by atoms with Crippen molar-refractivity contribution in [3.63, 3.8) is 0 Å².